The average Bonchev–Trinajstić information content (AvgIpc) is 2.92. The van der Waals surface area contributed by atoms with E-state index in [4.69, 9.17) is 15.6 Å². The Kier molecular flexibility index (Phi) is 5.04. The Bertz CT molecular complexity index is 699. The zero-order chi connectivity index (χ0) is 15.9. The molecule has 1 heterocycles. The van der Waals surface area contributed by atoms with Crippen LogP contribution in [-0.4, -0.2) is 27.9 Å². The van der Waals surface area contributed by atoms with E-state index in [-0.39, 0.29) is 17.4 Å². The molecule has 0 bridgehead atoms. The number of aliphatic carboxylic acids is 1. The van der Waals surface area contributed by atoms with E-state index in [1.165, 1.54) is 5.38 Å². The number of hydrogen-bond acceptors (Lipinski definition) is 8. The van der Waals surface area contributed by atoms with Crippen molar-refractivity contribution in [1.29, 1.82) is 0 Å². The number of carboxylic acid groups (broad SMARTS) is 1. The molecule has 0 atom stereocenters. The molecule has 114 valence electrons. The minimum atomic E-state index is -1.40. The second-order valence-corrected chi connectivity index (χ2v) is 4.82. The number of carbonyl (C=O) groups is 2. The van der Waals surface area contributed by atoms with Gasteiger partial charge < -0.3 is 15.6 Å². The third-order valence-electron chi connectivity index (χ3n) is 2.38. The number of rotatable bonds is 5. The summed E-state index contributed by atoms with van der Waals surface area (Å²) in [6, 6.07) is 8.92. The third kappa shape index (κ3) is 4.28. The first kappa shape index (κ1) is 15.4. The molecule has 22 heavy (non-hydrogen) atoms. The summed E-state index contributed by atoms with van der Waals surface area (Å²) in [4.78, 5) is 30.6. The van der Waals surface area contributed by atoms with Crippen molar-refractivity contribution in [2.24, 2.45) is 5.16 Å². The summed E-state index contributed by atoms with van der Waals surface area (Å²) < 4.78 is 4.80. The zero-order valence-corrected chi connectivity index (χ0v) is 11.9. The summed E-state index contributed by atoms with van der Waals surface area (Å²) in [5, 5.41) is 13.8. The molecule has 0 aliphatic rings. The molecule has 0 unspecified atom stereocenters. The maximum absolute atomic E-state index is 11.4. The van der Waals surface area contributed by atoms with Gasteiger partial charge in [-0.15, -0.1) is 11.3 Å². The molecule has 0 aliphatic heterocycles. The average molecular weight is 321 g/mol. The monoisotopic (exact) mass is 321 g/mol. The summed E-state index contributed by atoms with van der Waals surface area (Å²) in [7, 11) is 0. The van der Waals surface area contributed by atoms with E-state index in [9.17, 15) is 9.59 Å². The van der Waals surface area contributed by atoms with Crippen molar-refractivity contribution in [3.8, 4) is 0 Å². The first-order valence-corrected chi connectivity index (χ1v) is 6.84. The third-order valence-corrected chi connectivity index (χ3v) is 3.05. The number of nitrogens with zero attached hydrogens (tertiary/aromatic N) is 2. The molecule has 2 aromatic rings. The maximum Gasteiger partial charge on any atom is 0.535 e. The molecule has 9 heteroatoms. The number of hydrogen-bond donors (Lipinski definition) is 2. The van der Waals surface area contributed by atoms with E-state index in [1.807, 2.05) is 6.07 Å². The molecule has 2 rings (SSSR count). The van der Waals surface area contributed by atoms with E-state index in [1.54, 1.807) is 24.3 Å². The number of nitrogens with two attached hydrogens (primary N) is 1. The number of carbonyl (C=O) groups excluding carboxylic acids is 1. The highest BCUT2D eigenvalue weighted by Crippen LogP contribution is 2.12. The second-order valence-electron chi connectivity index (χ2n) is 3.93. The Morgan fingerprint density at radius 1 is 1.32 bits per heavy atom. The molecule has 0 amide bonds. The van der Waals surface area contributed by atoms with Crippen molar-refractivity contribution < 1.29 is 24.3 Å². The Hall–Kier alpha value is -2.94. The Morgan fingerprint density at radius 2 is 2.05 bits per heavy atom. The van der Waals surface area contributed by atoms with Crippen LogP contribution in [-0.2, 0) is 21.0 Å². The molecule has 0 radical (unpaired) electrons. The van der Waals surface area contributed by atoms with Crippen molar-refractivity contribution in [1.82, 2.24) is 4.98 Å². The molecule has 1 aromatic heterocycles. The molecule has 0 aliphatic carbocycles. The smallest absolute Gasteiger partial charge is 0.476 e. The number of aromatic nitrogens is 1. The van der Waals surface area contributed by atoms with Gasteiger partial charge in [-0.1, -0.05) is 35.5 Å². The fraction of sp³-hybridized carbons (Fsp3) is 0.0769. The highest BCUT2D eigenvalue weighted by atomic mass is 32.1. The van der Waals surface area contributed by atoms with Gasteiger partial charge in [-0.25, -0.2) is 14.6 Å². The van der Waals surface area contributed by atoms with Crippen LogP contribution >= 0.6 is 11.3 Å². The number of oxime groups is 1. The number of anilines is 1. The van der Waals surface area contributed by atoms with Crippen molar-refractivity contribution in [3.63, 3.8) is 0 Å². The van der Waals surface area contributed by atoms with Crippen LogP contribution in [0.2, 0.25) is 0 Å². The fourth-order valence-corrected chi connectivity index (χ4v) is 1.97. The lowest BCUT2D eigenvalue weighted by molar-refractivity contribution is -0.129. The van der Waals surface area contributed by atoms with Crippen molar-refractivity contribution in [2.45, 2.75) is 6.61 Å². The number of thiazole rings is 1. The van der Waals surface area contributed by atoms with Crippen molar-refractivity contribution in [3.05, 3.63) is 47.0 Å². The van der Waals surface area contributed by atoms with E-state index >= 15 is 0 Å². The van der Waals surface area contributed by atoms with Gasteiger partial charge in [0.1, 0.15) is 12.3 Å². The predicted molar refractivity (Wildman–Crippen MR) is 78.4 cm³/mol. The summed E-state index contributed by atoms with van der Waals surface area (Å²) >= 11 is 1.04. The van der Waals surface area contributed by atoms with E-state index in [0.717, 1.165) is 16.9 Å². The highest BCUT2D eigenvalue weighted by molar-refractivity contribution is 7.13. The topological polar surface area (TPSA) is 124 Å². The minimum absolute atomic E-state index is 0.00543. The van der Waals surface area contributed by atoms with Crippen LogP contribution < -0.4 is 5.73 Å². The summed E-state index contributed by atoms with van der Waals surface area (Å²) in [5.41, 5.74) is 5.64. The van der Waals surface area contributed by atoms with E-state index in [2.05, 4.69) is 15.0 Å². The molecule has 0 fully saturated rings. The molecule has 1 aromatic carbocycles. The zero-order valence-electron chi connectivity index (χ0n) is 11.1. The van der Waals surface area contributed by atoms with Gasteiger partial charge in [0, 0.05) is 5.38 Å². The van der Waals surface area contributed by atoms with Crippen LogP contribution in [0.15, 0.2) is 40.9 Å². The predicted octanol–water partition coefficient (Wildman–Crippen LogP) is 1.87. The van der Waals surface area contributed by atoms with Gasteiger partial charge in [0.15, 0.2) is 5.13 Å². The Balaban J connectivity index is 1.96. The number of carboxylic acids is 1. The standard InChI is InChI=1S/C13H11N3O5S/c14-12-15-9(7-22-12)10(11(17)18)16-21-13(19)20-6-8-4-2-1-3-5-8/h1-5,7H,6H2,(H2,14,15)(H,17,18). The number of benzene rings is 1. The van der Waals surface area contributed by atoms with Crippen molar-refractivity contribution >= 4 is 34.3 Å². The molecule has 0 spiro atoms. The van der Waals surface area contributed by atoms with Gasteiger partial charge in [-0.05, 0) is 5.56 Å². The van der Waals surface area contributed by atoms with Crippen LogP contribution in [0, 0.1) is 0 Å². The lowest BCUT2D eigenvalue weighted by Gasteiger charge is -2.02. The molecular formula is C13H11N3O5S. The summed E-state index contributed by atoms with van der Waals surface area (Å²) in [6.07, 6.45) is -1.12. The Morgan fingerprint density at radius 3 is 2.64 bits per heavy atom. The fourth-order valence-electron chi connectivity index (χ4n) is 1.42. The highest BCUT2D eigenvalue weighted by Gasteiger charge is 2.18. The van der Waals surface area contributed by atoms with Gasteiger partial charge in [-0.3, -0.25) is 4.84 Å². The first-order chi connectivity index (χ1) is 10.6. The summed E-state index contributed by atoms with van der Waals surface area (Å²) in [5.74, 6) is -1.40. The SMILES string of the molecule is Nc1nc(C(=NOC(=O)OCc2ccccc2)C(=O)O)cs1. The Labute approximate surface area is 128 Å². The van der Waals surface area contributed by atoms with Crippen LogP contribution in [0.3, 0.4) is 0 Å². The first-order valence-electron chi connectivity index (χ1n) is 5.96. The molecule has 0 saturated carbocycles. The molecule has 0 saturated heterocycles. The molecular weight excluding hydrogens is 310 g/mol. The van der Waals surface area contributed by atoms with Crippen LogP contribution in [0.5, 0.6) is 0 Å². The van der Waals surface area contributed by atoms with Crippen molar-refractivity contribution in [2.75, 3.05) is 5.73 Å². The molecule has 3 N–H and O–H groups in total. The van der Waals surface area contributed by atoms with Crippen LogP contribution in [0.25, 0.3) is 0 Å². The number of ether oxygens (including phenoxy) is 1. The lowest BCUT2D eigenvalue weighted by atomic mass is 10.2. The largest absolute Gasteiger partial charge is 0.535 e. The maximum atomic E-state index is 11.4. The van der Waals surface area contributed by atoms with Gasteiger partial charge in [0.25, 0.3) is 0 Å². The van der Waals surface area contributed by atoms with Gasteiger partial charge in [0.2, 0.25) is 5.71 Å². The minimum Gasteiger partial charge on any atom is -0.476 e. The van der Waals surface area contributed by atoms with Gasteiger partial charge in [0.05, 0.1) is 0 Å². The van der Waals surface area contributed by atoms with Gasteiger partial charge in [-0.2, -0.15) is 0 Å². The second kappa shape index (κ2) is 7.18. The normalized spacial score (nSPS) is 11.0. The van der Waals surface area contributed by atoms with Gasteiger partial charge >= 0.3 is 12.1 Å². The molecule has 8 nitrogen and oxygen atoms in total. The van der Waals surface area contributed by atoms with E-state index < -0.39 is 17.8 Å². The van der Waals surface area contributed by atoms with E-state index in [0.29, 0.717) is 0 Å². The number of nitrogen functional groups attached to an aromatic ring is 1. The summed E-state index contributed by atoms with van der Waals surface area (Å²) in [6.45, 7) is -0.0127. The quantitative estimate of drug-likeness (QED) is 0.373. The van der Waals surface area contributed by atoms with Crippen LogP contribution in [0.1, 0.15) is 11.3 Å². The lowest BCUT2D eigenvalue weighted by Crippen LogP contribution is -2.17. The van der Waals surface area contributed by atoms with Crippen LogP contribution in [0.4, 0.5) is 9.93 Å².